The fourth-order valence-corrected chi connectivity index (χ4v) is 1.95. The molecule has 20 heavy (non-hydrogen) atoms. The van der Waals surface area contributed by atoms with Crippen LogP contribution in [0.15, 0.2) is 18.2 Å². The van der Waals surface area contributed by atoms with E-state index in [-0.39, 0.29) is 12.5 Å². The van der Waals surface area contributed by atoms with Gasteiger partial charge in [-0.25, -0.2) is 8.42 Å². The van der Waals surface area contributed by atoms with Crippen molar-refractivity contribution in [1.82, 2.24) is 5.32 Å². The summed E-state index contributed by atoms with van der Waals surface area (Å²) >= 11 is 5.88. The van der Waals surface area contributed by atoms with Gasteiger partial charge in [0, 0.05) is 30.6 Å². The predicted octanol–water partition coefficient (Wildman–Crippen LogP) is 1.93. The minimum Gasteiger partial charge on any atom is -0.387 e. The van der Waals surface area contributed by atoms with Crippen molar-refractivity contribution in [3.63, 3.8) is 0 Å². The summed E-state index contributed by atoms with van der Waals surface area (Å²) in [6.07, 6.45) is 1.15. The molecular weight excluding hydrogens is 300 g/mol. The molecule has 5 nitrogen and oxygen atoms in total. The molecule has 1 aromatic rings. The van der Waals surface area contributed by atoms with Gasteiger partial charge in [0.05, 0.1) is 10.3 Å². The number of hydrogen-bond acceptors (Lipinski definition) is 4. The molecule has 0 heterocycles. The molecule has 0 aliphatic rings. The van der Waals surface area contributed by atoms with E-state index in [1.54, 1.807) is 33.0 Å². The molecule has 0 atom stereocenters. The third kappa shape index (κ3) is 3.86. The maximum Gasteiger partial charge on any atom is 0.253 e. The van der Waals surface area contributed by atoms with Gasteiger partial charge in [0.15, 0.2) is 9.84 Å². The minimum absolute atomic E-state index is 0.0281. The van der Waals surface area contributed by atoms with Crippen molar-refractivity contribution in [1.29, 1.82) is 0 Å². The van der Waals surface area contributed by atoms with Gasteiger partial charge in [-0.15, -0.1) is 0 Å². The van der Waals surface area contributed by atoms with Crippen LogP contribution >= 0.6 is 11.6 Å². The van der Waals surface area contributed by atoms with Crippen LogP contribution in [0.2, 0.25) is 5.02 Å². The van der Waals surface area contributed by atoms with E-state index in [0.29, 0.717) is 16.3 Å². The number of halogens is 1. The Morgan fingerprint density at radius 1 is 1.35 bits per heavy atom. The Morgan fingerprint density at radius 3 is 2.45 bits per heavy atom. The van der Waals surface area contributed by atoms with E-state index < -0.39 is 14.6 Å². The molecule has 1 rings (SSSR count). The van der Waals surface area contributed by atoms with Crippen LogP contribution < -0.4 is 10.6 Å². The highest BCUT2D eigenvalue weighted by Gasteiger charge is 2.30. The van der Waals surface area contributed by atoms with Gasteiger partial charge < -0.3 is 10.6 Å². The first-order valence-electron chi connectivity index (χ1n) is 6.03. The van der Waals surface area contributed by atoms with Gasteiger partial charge in [-0.3, -0.25) is 4.79 Å². The lowest BCUT2D eigenvalue weighted by atomic mass is 10.1. The molecular formula is C13H19ClN2O3S. The number of carbonyl (C=O) groups excluding carboxylic acids is 1. The van der Waals surface area contributed by atoms with E-state index in [4.69, 9.17) is 11.6 Å². The number of carbonyl (C=O) groups is 1. The molecule has 0 aliphatic carbocycles. The number of anilines is 1. The summed E-state index contributed by atoms with van der Waals surface area (Å²) in [5, 5.41) is 5.97. The van der Waals surface area contributed by atoms with Crippen molar-refractivity contribution < 1.29 is 13.2 Å². The zero-order valence-corrected chi connectivity index (χ0v) is 13.5. The normalized spacial score (nSPS) is 12.1. The summed E-state index contributed by atoms with van der Waals surface area (Å²) in [7, 11) is -1.57. The van der Waals surface area contributed by atoms with Crippen molar-refractivity contribution in [3.05, 3.63) is 28.8 Å². The van der Waals surface area contributed by atoms with Crippen LogP contribution in [-0.4, -0.2) is 38.9 Å². The van der Waals surface area contributed by atoms with Crippen LogP contribution in [0.4, 0.5) is 5.69 Å². The van der Waals surface area contributed by atoms with Crippen molar-refractivity contribution >= 4 is 33.0 Å². The largest absolute Gasteiger partial charge is 0.387 e. The summed E-state index contributed by atoms with van der Waals surface area (Å²) in [5.74, 6) is -0.367. The smallest absolute Gasteiger partial charge is 0.253 e. The Bertz CT molecular complexity index is 612. The van der Waals surface area contributed by atoms with E-state index in [0.717, 1.165) is 6.26 Å². The first-order valence-corrected chi connectivity index (χ1v) is 8.30. The number of benzene rings is 1. The van der Waals surface area contributed by atoms with E-state index in [9.17, 15) is 13.2 Å². The zero-order valence-electron chi connectivity index (χ0n) is 12.0. The Balaban J connectivity index is 2.91. The highest BCUT2D eigenvalue weighted by molar-refractivity contribution is 7.92. The number of nitrogens with one attached hydrogen (secondary N) is 2. The first-order chi connectivity index (χ1) is 9.08. The average molecular weight is 319 g/mol. The van der Waals surface area contributed by atoms with Crippen molar-refractivity contribution in [2.24, 2.45) is 0 Å². The fourth-order valence-electron chi connectivity index (χ4n) is 1.44. The van der Waals surface area contributed by atoms with Crippen LogP contribution in [0.5, 0.6) is 0 Å². The summed E-state index contributed by atoms with van der Waals surface area (Å²) in [4.78, 5) is 12.1. The maximum absolute atomic E-state index is 12.1. The van der Waals surface area contributed by atoms with Crippen LogP contribution in [0.3, 0.4) is 0 Å². The first kappa shape index (κ1) is 16.8. The maximum atomic E-state index is 12.1. The number of rotatable bonds is 5. The van der Waals surface area contributed by atoms with Gasteiger partial charge in [0.25, 0.3) is 5.91 Å². The molecule has 1 amide bonds. The average Bonchev–Trinajstić information content (AvgIpc) is 2.34. The number of sulfone groups is 1. The van der Waals surface area contributed by atoms with Gasteiger partial charge in [-0.1, -0.05) is 11.6 Å². The highest BCUT2D eigenvalue weighted by atomic mass is 35.5. The third-order valence-electron chi connectivity index (χ3n) is 3.17. The zero-order chi connectivity index (χ0) is 15.6. The third-order valence-corrected chi connectivity index (χ3v) is 5.56. The van der Waals surface area contributed by atoms with Gasteiger partial charge in [-0.05, 0) is 32.0 Å². The quantitative estimate of drug-likeness (QED) is 0.870. The van der Waals surface area contributed by atoms with Gasteiger partial charge >= 0.3 is 0 Å². The van der Waals surface area contributed by atoms with Crippen molar-refractivity contribution in [2.45, 2.75) is 18.6 Å². The SMILES string of the molecule is CNc1ccc(Cl)cc1C(=O)NCC(C)(C)S(C)(=O)=O. The summed E-state index contributed by atoms with van der Waals surface area (Å²) < 4.78 is 22.2. The second-order valence-electron chi connectivity index (χ2n) is 5.15. The number of hydrogen-bond donors (Lipinski definition) is 2. The second-order valence-corrected chi connectivity index (χ2v) is 8.24. The van der Waals surface area contributed by atoms with Crippen LogP contribution in [0.1, 0.15) is 24.2 Å². The molecule has 0 unspecified atom stereocenters. The molecule has 0 spiro atoms. The predicted molar refractivity (Wildman–Crippen MR) is 82.3 cm³/mol. The molecule has 0 saturated heterocycles. The molecule has 1 aromatic carbocycles. The van der Waals surface area contributed by atoms with Gasteiger partial charge in [0.2, 0.25) is 0 Å². The summed E-state index contributed by atoms with van der Waals surface area (Å²) in [6, 6.07) is 4.90. The van der Waals surface area contributed by atoms with E-state index in [2.05, 4.69) is 10.6 Å². The van der Waals surface area contributed by atoms with Gasteiger partial charge in [-0.2, -0.15) is 0 Å². The fraction of sp³-hybridized carbons (Fsp3) is 0.462. The van der Waals surface area contributed by atoms with Crippen LogP contribution in [0.25, 0.3) is 0 Å². The molecule has 0 saturated carbocycles. The van der Waals surface area contributed by atoms with E-state index >= 15 is 0 Å². The number of amides is 1. The second kappa shape index (κ2) is 6.01. The monoisotopic (exact) mass is 318 g/mol. The summed E-state index contributed by atoms with van der Waals surface area (Å²) in [6.45, 7) is 3.17. The standard InChI is InChI=1S/C13H19ClN2O3S/c1-13(2,20(4,18)19)8-16-12(17)10-7-9(14)5-6-11(10)15-3/h5-7,15H,8H2,1-4H3,(H,16,17). The molecule has 0 bridgehead atoms. The lowest BCUT2D eigenvalue weighted by molar-refractivity contribution is 0.0951. The highest BCUT2D eigenvalue weighted by Crippen LogP contribution is 2.21. The minimum atomic E-state index is -3.26. The molecule has 0 aromatic heterocycles. The Kier molecular flexibility index (Phi) is 5.05. The molecule has 0 aliphatic heterocycles. The summed E-state index contributed by atoms with van der Waals surface area (Å²) in [5.41, 5.74) is 1.01. The Morgan fingerprint density at radius 2 is 1.95 bits per heavy atom. The Hall–Kier alpha value is -1.27. The topological polar surface area (TPSA) is 75.3 Å². The molecule has 0 fully saturated rings. The van der Waals surface area contributed by atoms with E-state index in [1.807, 2.05) is 0 Å². The van der Waals surface area contributed by atoms with Crippen LogP contribution in [-0.2, 0) is 9.84 Å². The lowest BCUT2D eigenvalue weighted by Gasteiger charge is -2.23. The molecule has 112 valence electrons. The van der Waals surface area contributed by atoms with Crippen LogP contribution in [0, 0.1) is 0 Å². The van der Waals surface area contributed by atoms with Crippen molar-refractivity contribution in [3.8, 4) is 0 Å². The molecule has 7 heteroatoms. The van der Waals surface area contributed by atoms with Crippen molar-refractivity contribution in [2.75, 3.05) is 25.2 Å². The Labute approximate surface area is 124 Å². The van der Waals surface area contributed by atoms with E-state index in [1.165, 1.54) is 6.07 Å². The lowest BCUT2D eigenvalue weighted by Crippen LogP contribution is -2.43. The molecule has 2 N–H and O–H groups in total. The van der Waals surface area contributed by atoms with Gasteiger partial charge in [0.1, 0.15) is 0 Å². The molecule has 0 radical (unpaired) electrons.